The minimum atomic E-state index is -3.90. The van der Waals surface area contributed by atoms with Crippen molar-refractivity contribution in [3.8, 4) is 11.5 Å². The molecular weight excluding hydrogens is 577 g/mol. The number of nitro groups is 1. The highest BCUT2D eigenvalue weighted by Gasteiger charge is 2.48. The van der Waals surface area contributed by atoms with Crippen LogP contribution < -0.4 is 14.8 Å². The predicted octanol–water partition coefficient (Wildman–Crippen LogP) is 5.46. The van der Waals surface area contributed by atoms with Crippen molar-refractivity contribution in [3.63, 3.8) is 0 Å². The number of fused-ring (bicyclic) bond motifs is 1. The van der Waals surface area contributed by atoms with Crippen molar-refractivity contribution in [2.45, 2.75) is 40.2 Å². The third-order valence-electron chi connectivity index (χ3n) is 7.50. The second kappa shape index (κ2) is 12.1. The van der Waals surface area contributed by atoms with Gasteiger partial charge in [0.1, 0.15) is 6.61 Å². The van der Waals surface area contributed by atoms with Crippen LogP contribution in [0.3, 0.4) is 0 Å². The van der Waals surface area contributed by atoms with Crippen LogP contribution in [0.4, 0.5) is 5.69 Å². The lowest BCUT2D eigenvalue weighted by molar-refractivity contribution is -0.384. The first kappa shape index (κ1) is 30.7. The number of nitro benzene ring substituents is 1. The fraction of sp³-hybridized carbons (Fsp3) is 0.433. The van der Waals surface area contributed by atoms with Gasteiger partial charge in [-0.25, -0.2) is 4.79 Å². The lowest BCUT2D eigenvalue weighted by atomic mass is 9.86. The predicted molar refractivity (Wildman–Crippen MR) is 158 cm³/mol. The van der Waals surface area contributed by atoms with Crippen molar-refractivity contribution in [1.82, 2.24) is 10.2 Å². The van der Waals surface area contributed by atoms with E-state index >= 15 is 0 Å². The number of carbonyl (C=O) groups excluding carboxylic acids is 1. The molecule has 1 saturated heterocycles. The first-order valence-electron chi connectivity index (χ1n) is 13.9. The van der Waals surface area contributed by atoms with Gasteiger partial charge in [-0.1, -0.05) is 32.0 Å². The van der Waals surface area contributed by atoms with Gasteiger partial charge in [0.15, 0.2) is 11.5 Å². The van der Waals surface area contributed by atoms with Crippen molar-refractivity contribution in [1.29, 1.82) is 0 Å². The number of likely N-dealkylation sites (N-methyl/N-ethyl adjacent to an activating group) is 1. The summed E-state index contributed by atoms with van der Waals surface area (Å²) in [6.07, 6.45) is 0. The topological polar surface area (TPSA) is 139 Å². The first-order valence-corrected chi connectivity index (χ1v) is 15.5. The summed E-state index contributed by atoms with van der Waals surface area (Å²) in [5, 5.41) is 15.0. The van der Waals surface area contributed by atoms with Crippen molar-refractivity contribution in [2.75, 3.05) is 40.2 Å². The SMILES string of the molecule is CC1=C(C(=O)OCCN(C)Cc2ccc3c(c2)OCO3)C(c2cccc([N+](=O)[O-])c2)C(P2(=O)OCC(C)(C)CO2)=C(C)N1. The second-order valence-corrected chi connectivity index (χ2v) is 13.7. The van der Waals surface area contributed by atoms with E-state index in [-0.39, 0.29) is 48.6 Å². The lowest BCUT2D eigenvalue weighted by Crippen LogP contribution is -2.34. The molecule has 43 heavy (non-hydrogen) atoms. The van der Waals surface area contributed by atoms with Crippen LogP contribution in [0, 0.1) is 15.5 Å². The largest absolute Gasteiger partial charge is 0.461 e. The average molecular weight is 614 g/mol. The number of carbonyl (C=O) groups is 1. The molecule has 0 spiro atoms. The summed E-state index contributed by atoms with van der Waals surface area (Å²) < 4.78 is 42.6. The number of non-ortho nitro benzene ring substituents is 1. The van der Waals surface area contributed by atoms with E-state index < -0.39 is 24.4 Å². The smallest absolute Gasteiger partial charge is 0.360 e. The molecule has 0 amide bonds. The van der Waals surface area contributed by atoms with Crippen LogP contribution in [0.25, 0.3) is 0 Å². The number of hydrogen-bond donors (Lipinski definition) is 1. The number of benzene rings is 2. The second-order valence-electron chi connectivity index (χ2n) is 11.7. The molecule has 12 nitrogen and oxygen atoms in total. The molecule has 0 aromatic heterocycles. The van der Waals surface area contributed by atoms with Gasteiger partial charge in [-0.2, -0.15) is 0 Å². The summed E-state index contributed by atoms with van der Waals surface area (Å²) in [4.78, 5) is 26.9. The Hall–Kier alpha value is -3.70. The number of hydrogen-bond acceptors (Lipinski definition) is 11. The number of ether oxygens (including phenoxy) is 3. The Morgan fingerprint density at radius 2 is 1.84 bits per heavy atom. The average Bonchev–Trinajstić information content (AvgIpc) is 3.42. The van der Waals surface area contributed by atoms with Gasteiger partial charge < -0.3 is 28.6 Å². The fourth-order valence-electron chi connectivity index (χ4n) is 5.30. The van der Waals surface area contributed by atoms with E-state index in [4.69, 9.17) is 23.3 Å². The number of nitrogens with one attached hydrogen (secondary N) is 1. The van der Waals surface area contributed by atoms with Crippen LogP contribution in [0.15, 0.2) is 64.7 Å². The summed E-state index contributed by atoms with van der Waals surface area (Å²) in [5.41, 5.74) is 2.08. The van der Waals surface area contributed by atoms with Crippen LogP contribution in [0.1, 0.15) is 44.7 Å². The molecule has 1 fully saturated rings. The summed E-state index contributed by atoms with van der Waals surface area (Å²) in [7, 11) is -1.99. The van der Waals surface area contributed by atoms with E-state index in [1.807, 2.05) is 44.0 Å². The third kappa shape index (κ3) is 6.62. The Bertz CT molecular complexity index is 1540. The van der Waals surface area contributed by atoms with E-state index in [0.717, 1.165) is 5.56 Å². The molecule has 3 aliphatic heterocycles. The minimum absolute atomic E-state index is 0.0786. The summed E-state index contributed by atoms with van der Waals surface area (Å²) in [6.45, 7) is 8.98. The number of rotatable bonds is 9. The molecule has 3 aliphatic rings. The van der Waals surface area contributed by atoms with E-state index in [1.165, 1.54) is 18.2 Å². The van der Waals surface area contributed by atoms with Gasteiger partial charge in [0.2, 0.25) is 6.79 Å². The highest BCUT2D eigenvalue weighted by atomic mass is 31.2. The summed E-state index contributed by atoms with van der Waals surface area (Å²) in [5.74, 6) is -0.176. The van der Waals surface area contributed by atoms with Gasteiger partial charge in [-0.3, -0.25) is 19.6 Å². The maximum atomic E-state index is 14.2. The molecule has 5 rings (SSSR count). The zero-order chi connectivity index (χ0) is 30.9. The number of esters is 1. The highest BCUT2D eigenvalue weighted by molar-refractivity contribution is 7.58. The van der Waals surface area contributed by atoms with Gasteiger partial charge in [0, 0.05) is 42.0 Å². The Morgan fingerprint density at radius 3 is 2.56 bits per heavy atom. The third-order valence-corrected chi connectivity index (χ3v) is 9.62. The molecule has 1 unspecified atom stereocenters. The van der Waals surface area contributed by atoms with E-state index in [2.05, 4.69) is 5.32 Å². The molecule has 0 radical (unpaired) electrons. The van der Waals surface area contributed by atoms with Gasteiger partial charge in [0.05, 0.1) is 34.9 Å². The zero-order valence-electron chi connectivity index (χ0n) is 24.9. The van der Waals surface area contributed by atoms with E-state index in [1.54, 1.807) is 19.9 Å². The number of allylic oxidation sites excluding steroid dienone is 3. The van der Waals surface area contributed by atoms with Gasteiger partial charge >= 0.3 is 13.6 Å². The Kier molecular flexibility index (Phi) is 8.67. The molecule has 2 aromatic carbocycles. The lowest BCUT2D eigenvalue weighted by Gasteiger charge is -2.39. The van der Waals surface area contributed by atoms with Crippen molar-refractivity contribution < 1.29 is 37.5 Å². The number of nitrogens with zero attached hydrogens (tertiary/aromatic N) is 2. The molecular formula is C30H36N3O9P. The standard InChI is InChI=1S/C30H36N3O9P/c1-19-26(29(34)38-12-11-32(5)15-21-9-10-24-25(13-21)40-18-39-24)27(22-7-6-8-23(14-22)33(35)36)28(20(2)31-19)43(37)41-16-30(3,4)17-42-43/h6-10,13-14,27,31H,11-12,15-18H2,1-5H3. The monoisotopic (exact) mass is 613 g/mol. The van der Waals surface area contributed by atoms with Crippen molar-refractivity contribution >= 4 is 19.3 Å². The quantitative estimate of drug-likeness (QED) is 0.167. The van der Waals surface area contributed by atoms with Crippen LogP contribution in [0.2, 0.25) is 0 Å². The molecule has 0 bridgehead atoms. The van der Waals surface area contributed by atoms with E-state index in [0.29, 0.717) is 41.5 Å². The fourth-order valence-corrected chi connectivity index (χ4v) is 7.75. The molecule has 230 valence electrons. The molecule has 1 N–H and O–H groups in total. The Morgan fingerprint density at radius 1 is 1.12 bits per heavy atom. The molecule has 0 saturated carbocycles. The van der Waals surface area contributed by atoms with Crippen LogP contribution >= 0.6 is 7.60 Å². The molecule has 13 heteroatoms. The van der Waals surface area contributed by atoms with Crippen LogP contribution in [0.5, 0.6) is 11.5 Å². The Labute approximate surface area is 250 Å². The van der Waals surface area contributed by atoms with Crippen molar-refractivity contribution in [2.24, 2.45) is 5.41 Å². The zero-order valence-corrected chi connectivity index (χ0v) is 25.8. The van der Waals surface area contributed by atoms with Crippen molar-refractivity contribution in [3.05, 3.63) is 86.0 Å². The van der Waals surface area contributed by atoms with Gasteiger partial charge in [0.25, 0.3) is 5.69 Å². The molecule has 1 atom stereocenters. The van der Waals surface area contributed by atoms with E-state index in [9.17, 15) is 19.5 Å². The first-order chi connectivity index (χ1) is 20.4. The normalized spacial score (nSPS) is 20.7. The van der Waals surface area contributed by atoms with Crippen LogP contribution in [-0.2, 0) is 29.7 Å². The maximum Gasteiger partial charge on any atom is 0.360 e. The van der Waals surface area contributed by atoms with Crippen LogP contribution in [-0.4, -0.2) is 56.0 Å². The number of dihydropyridines is 1. The summed E-state index contributed by atoms with van der Waals surface area (Å²) in [6, 6.07) is 11.7. The molecule has 2 aromatic rings. The van der Waals surface area contributed by atoms with Gasteiger partial charge in [-0.05, 0) is 44.2 Å². The molecule has 3 heterocycles. The minimum Gasteiger partial charge on any atom is -0.461 e. The summed E-state index contributed by atoms with van der Waals surface area (Å²) >= 11 is 0. The van der Waals surface area contributed by atoms with Gasteiger partial charge in [-0.15, -0.1) is 0 Å². The molecule has 0 aliphatic carbocycles. The Balaban J connectivity index is 1.37. The maximum absolute atomic E-state index is 14.2. The highest BCUT2D eigenvalue weighted by Crippen LogP contribution is 2.66.